The van der Waals surface area contributed by atoms with Crippen LogP contribution in [0.1, 0.15) is 19.3 Å². The number of anilines is 2. The summed E-state index contributed by atoms with van der Waals surface area (Å²) in [7, 11) is 1.77. The third kappa shape index (κ3) is 2.19. The van der Waals surface area contributed by atoms with E-state index in [0.717, 1.165) is 30.6 Å². The molecule has 0 unspecified atom stereocenters. The minimum Gasteiger partial charge on any atom is -0.384 e. The van der Waals surface area contributed by atoms with Crippen molar-refractivity contribution in [2.24, 2.45) is 0 Å². The van der Waals surface area contributed by atoms with E-state index < -0.39 is 0 Å². The van der Waals surface area contributed by atoms with Gasteiger partial charge in [0.2, 0.25) is 0 Å². The van der Waals surface area contributed by atoms with E-state index in [-0.39, 0.29) is 5.60 Å². The number of nitrogen functional groups attached to an aromatic ring is 1. The molecule has 2 aromatic heterocycles. The molecule has 2 heterocycles. The molecule has 2 aromatic rings. The fourth-order valence-electron chi connectivity index (χ4n) is 2.37. The Kier molecular flexibility index (Phi) is 2.94. The number of nitrogens with two attached hydrogens (primary N) is 1. The first-order valence-corrected chi connectivity index (χ1v) is 6.39. The molecule has 3 rings (SSSR count). The molecule has 0 amide bonds. The number of fused-ring (bicyclic) bond motifs is 1. The molecule has 0 saturated heterocycles. The first-order chi connectivity index (χ1) is 9.22. The van der Waals surface area contributed by atoms with Crippen LogP contribution in [-0.2, 0) is 4.74 Å². The van der Waals surface area contributed by atoms with Crippen molar-refractivity contribution in [3.63, 3.8) is 0 Å². The summed E-state index contributed by atoms with van der Waals surface area (Å²) >= 11 is 0. The lowest BCUT2D eigenvalue weighted by molar-refractivity contribution is -0.0601. The molecule has 6 nitrogen and oxygen atoms in total. The number of rotatable bonds is 4. The Morgan fingerprint density at radius 1 is 1.37 bits per heavy atom. The van der Waals surface area contributed by atoms with Gasteiger partial charge in [-0.3, -0.25) is 0 Å². The van der Waals surface area contributed by atoms with Crippen LogP contribution >= 0.6 is 0 Å². The molecule has 3 N–H and O–H groups in total. The summed E-state index contributed by atoms with van der Waals surface area (Å²) in [5, 5.41) is 4.22. The zero-order valence-electron chi connectivity index (χ0n) is 10.9. The number of hydrogen-bond donors (Lipinski definition) is 2. The van der Waals surface area contributed by atoms with Gasteiger partial charge in [0, 0.05) is 13.7 Å². The topological polar surface area (TPSA) is 86.0 Å². The van der Waals surface area contributed by atoms with E-state index in [2.05, 4.69) is 20.3 Å². The van der Waals surface area contributed by atoms with Gasteiger partial charge in [0.25, 0.3) is 0 Å². The van der Waals surface area contributed by atoms with Crippen LogP contribution in [0, 0.1) is 0 Å². The van der Waals surface area contributed by atoms with E-state index in [9.17, 15) is 0 Å². The number of nitrogens with one attached hydrogen (secondary N) is 1. The smallest absolute Gasteiger partial charge is 0.166 e. The first kappa shape index (κ1) is 12.1. The fraction of sp³-hybridized carbons (Fsp3) is 0.462. The van der Waals surface area contributed by atoms with E-state index in [4.69, 9.17) is 10.5 Å². The highest BCUT2D eigenvalue weighted by atomic mass is 16.5. The van der Waals surface area contributed by atoms with Crippen LogP contribution in [0.2, 0.25) is 0 Å². The summed E-state index contributed by atoms with van der Waals surface area (Å²) in [6.07, 6.45) is 4.89. The van der Waals surface area contributed by atoms with Crippen molar-refractivity contribution in [3.05, 3.63) is 18.5 Å². The van der Waals surface area contributed by atoms with Crippen molar-refractivity contribution >= 4 is 22.7 Å². The molecular weight excluding hydrogens is 242 g/mol. The van der Waals surface area contributed by atoms with Crippen LogP contribution in [0.3, 0.4) is 0 Å². The Morgan fingerprint density at radius 3 is 2.89 bits per heavy atom. The molecule has 0 aliphatic heterocycles. The van der Waals surface area contributed by atoms with Crippen molar-refractivity contribution in [2.45, 2.75) is 24.9 Å². The quantitative estimate of drug-likeness (QED) is 0.867. The maximum absolute atomic E-state index is 5.66. The monoisotopic (exact) mass is 259 g/mol. The maximum atomic E-state index is 5.66. The Bertz CT molecular complexity index is 591. The van der Waals surface area contributed by atoms with Crippen LogP contribution in [-0.4, -0.2) is 34.2 Å². The van der Waals surface area contributed by atoms with Crippen molar-refractivity contribution in [1.29, 1.82) is 0 Å². The summed E-state index contributed by atoms with van der Waals surface area (Å²) in [5.74, 6) is 1.24. The molecule has 100 valence electrons. The molecule has 6 heteroatoms. The van der Waals surface area contributed by atoms with Crippen LogP contribution in [0.15, 0.2) is 18.5 Å². The molecule has 0 spiro atoms. The van der Waals surface area contributed by atoms with Crippen LogP contribution in [0.25, 0.3) is 11.0 Å². The SMILES string of the molecule is COC1(CNc2ncnc3nc(N)ccc23)CCC1. The van der Waals surface area contributed by atoms with Gasteiger partial charge in [-0.05, 0) is 31.4 Å². The summed E-state index contributed by atoms with van der Waals surface area (Å²) < 4.78 is 5.59. The zero-order chi connectivity index (χ0) is 13.3. The Balaban J connectivity index is 1.84. The van der Waals surface area contributed by atoms with Crippen LogP contribution in [0.5, 0.6) is 0 Å². The number of pyridine rings is 1. The molecule has 1 saturated carbocycles. The van der Waals surface area contributed by atoms with Crippen molar-refractivity contribution in [1.82, 2.24) is 15.0 Å². The van der Waals surface area contributed by atoms with Gasteiger partial charge in [0.1, 0.15) is 18.0 Å². The minimum atomic E-state index is -0.0431. The number of ether oxygens (including phenoxy) is 1. The zero-order valence-corrected chi connectivity index (χ0v) is 10.9. The highest BCUT2D eigenvalue weighted by Gasteiger charge is 2.36. The molecule has 0 bridgehead atoms. The van der Waals surface area contributed by atoms with Gasteiger partial charge in [-0.15, -0.1) is 0 Å². The first-order valence-electron chi connectivity index (χ1n) is 6.39. The molecule has 0 radical (unpaired) electrons. The Hall–Kier alpha value is -1.95. The van der Waals surface area contributed by atoms with Crippen LogP contribution < -0.4 is 11.1 Å². The molecule has 0 aromatic carbocycles. The number of nitrogens with zero attached hydrogens (tertiary/aromatic N) is 3. The predicted octanol–water partition coefficient (Wildman–Crippen LogP) is 1.59. The predicted molar refractivity (Wildman–Crippen MR) is 73.8 cm³/mol. The average molecular weight is 259 g/mol. The van der Waals surface area contributed by atoms with E-state index >= 15 is 0 Å². The van der Waals surface area contributed by atoms with E-state index in [1.54, 1.807) is 13.2 Å². The van der Waals surface area contributed by atoms with E-state index in [0.29, 0.717) is 11.5 Å². The van der Waals surface area contributed by atoms with Gasteiger partial charge < -0.3 is 15.8 Å². The average Bonchev–Trinajstić information content (AvgIpc) is 2.37. The third-order valence-electron chi connectivity index (χ3n) is 3.79. The molecule has 0 atom stereocenters. The summed E-state index contributed by atoms with van der Waals surface area (Å²) in [4.78, 5) is 12.6. The highest BCUT2D eigenvalue weighted by Crippen LogP contribution is 2.35. The highest BCUT2D eigenvalue weighted by molar-refractivity contribution is 5.87. The lowest BCUT2D eigenvalue weighted by Crippen LogP contribution is -2.45. The largest absolute Gasteiger partial charge is 0.384 e. The van der Waals surface area contributed by atoms with E-state index in [1.165, 1.54) is 12.7 Å². The maximum Gasteiger partial charge on any atom is 0.166 e. The number of aromatic nitrogens is 3. The second-order valence-electron chi connectivity index (χ2n) is 4.92. The molecular formula is C13H17N5O. The van der Waals surface area contributed by atoms with Crippen LogP contribution in [0.4, 0.5) is 11.6 Å². The number of hydrogen-bond acceptors (Lipinski definition) is 6. The summed E-state index contributed by atoms with van der Waals surface area (Å²) in [6.45, 7) is 0.750. The second-order valence-corrected chi connectivity index (χ2v) is 4.92. The van der Waals surface area contributed by atoms with Gasteiger partial charge >= 0.3 is 0 Å². The van der Waals surface area contributed by atoms with E-state index in [1.807, 2.05) is 6.07 Å². The van der Waals surface area contributed by atoms with Gasteiger partial charge in [-0.2, -0.15) is 0 Å². The standard InChI is InChI=1S/C13H17N5O/c1-19-13(5-2-6-13)7-15-11-9-3-4-10(14)18-12(9)17-8-16-11/h3-4,8H,2,5-7H2,1H3,(H3,14,15,16,17,18). The summed E-state index contributed by atoms with van der Waals surface area (Å²) in [6, 6.07) is 3.65. The second kappa shape index (κ2) is 4.62. The lowest BCUT2D eigenvalue weighted by atomic mass is 9.80. The van der Waals surface area contributed by atoms with Crippen molar-refractivity contribution < 1.29 is 4.74 Å². The minimum absolute atomic E-state index is 0.0431. The lowest BCUT2D eigenvalue weighted by Gasteiger charge is -2.40. The van der Waals surface area contributed by atoms with Gasteiger partial charge in [0.05, 0.1) is 11.0 Å². The van der Waals surface area contributed by atoms with Gasteiger partial charge in [-0.1, -0.05) is 0 Å². The van der Waals surface area contributed by atoms with Crippen molar-refractivity contribution in [2.75, 3.05) is 24.7 Å². The molecule has 1 aliphatic rings. The fourth-order valence-corrected chi connectivity index (χ4v) is 2.37. The van der Waals surface area contributed by atoms with Gasteiger partial charge in [0.15, 0.2) is 5.65 Å². The molecule has 1 fully saturated rings. The van der Waals surface area contributed by atoms with Crippen molar-refractivity contribution in [3.8, 4) is 0 Å². The molecule has 1 aliphatic carbocycles. The number of methoxy groups -OCH3 is 1. The Labute approximate surface area is 111 Å². The third-order valence-corrected chi connectivity index (χ3v) is 3.79. The Morgan fingerprint density at radius 2 is 2.21 bits per heavy atom. The molecule has 19 heavy (non-hydrogen) atoms. The summed E-state index contributed by atoms with van der Waals surface area (Å²) in [5.41, 5.74) is 6.22. The van der Waals surface area contributed by atoms with Gasteiger partial charge in [-0.25, -0.2) is 15.0 Å². The normalized spacial score (nSPS) is 17.1.